The molecule has 6 heteroatoms. The SMILES string of the molecule is CCC1CCCCN1C(=O)NCc1cc(C(=O)O)c(C)o1. The Labute approximate surface area is 124 Å². The summed E-state index contributed by atoms with van der Waals surface area (Å²) in [5, 5.41) is 11.8. The molecule has 1 saturated heterocycles. The van der Waals surface area contributed by atoms with Gasteiger partial charge in [-0.3, -0.25) is 0 Å². The van der Waals surface area contributed by atoms with E-state index < -0.39 is 5.97 Å². The van der Waals surface area contributed by atoms with Gasteiger partial charge in [0.1, 0.15) is 17.1 Å². The van der Waals surface area contributed by atoms with E-state index in [1.165, 1.54) is 12.5 Å². The number of carbonyl (C=O) groups excluding carboxylic acids is 1. The maximum atomic E-state index is 12.2. The number of nitrogens with zero attached hydrogens (tertiary/aromatic N) is 1. The zero-order chi connectivity index (χ0) is 15.4. The first kappa shape index (κ1) is 15.4. The first-order valence-corrected chi connectivity index (χ1v) is 7.40. The van der Waals surface area contributed by atoms with Crippen LogP contribution in [0.25, 0.3) is 0 Å². The predicted octanol–water partition coefficient (Wildman–Crippen LogP) is 2.76. The molecule has 21 heavy (non-hydrogen) atoms. The standard InChI is InChI=1S/C15H22N2O4/c1-3-11-6-4-5-7-17(11)15(20)16-9-12-8-13(14(18)19)10(2)21-12/h8,11H,3-7,9H2,1-2H3,(H,16,20)(H,18,19). The van der Waals surface area contributed by atoms with Crippen LogP contribution in [0.4, 0.5) is 4.79 Å². The van der Waals surface area contributed by atoms with Crippen molar-refractivity contribution < 1.29 is 19.1 Å². The van der Waals surface area contributed by atoms with Gasteiger partial charge in [-0.2, -0.15) is 0 Å². The zero-order valence-electron chi connectivity index (χ0n) is 12.5. The summed E-state index contributed by atoms with van der Waals surface area (Å²) in [5.74, 6) is -0.199. The molecular weight excluding hydrogens is 272 g/mol. The highest BCUT2D eigenvalue weighted by atomic mass is 16.4. The van der Waals surface area contributed by atoms with E-state index in [9.17, 15) is 9.59 Å². The lowest BCUT2D eigenvalue weighted by atomic mass is 10.0. The molecule has 2 amide bonds. The summed E-state index contributed by atoms with van der Waals surface area (Å²) in [6.45, 7) is 4.68. The number of carboxylic acid groups (broad SMARTS) is 1. The average Bonchev–Trinajstić information content (AvgIpc) is 2.86. The molecule has 0 aromatic carbocycles. The Balaban J connectivity index is 1.94. The number of amides is 2. The van der Waals surface area contributed by atoms with Gasteiger partial charge in [0.25, 0.3) is 0 Å². The third-order valence-corrected chi connectivity index (χ3v) is 3.97. The van der Waals surface area contributed by atoms with E-state index in [0.717, 1.165) is 25.8 Å². The van der Waals surface area contributed by atoms with E-state index in [-0.39, 0.29) is 18.1 Å². The Kier molecular flexibility index (Phi) is 4.88. The Bertz CT molecular complexity index is 524. The summed E-state index contributed by atoms with van der Waals surface area (Å²) in [4.78, 5) is 25.0. The molecule has 1 unspecified atom stereocenters. The number of carboxylic acids is 1. The summed E-state index contributed by atoms with van der Waals surface area (Å²) in [6, 6.07) is 1.66. The molecule has 0 spiro atoms. The highest BCUT2D eigenvalue weighted by molar-refractivity contribution is 5.88. The fourth-order valence-electron chi connectivity index (χ4n) is 2.80. The van der Waals surface area contributed by atoms with Gasteiger partial charge in [-0.15, -0.1) is 0 Å². The number of aryl methyl sites for hydroxylation is 1. The van der Waals surface area contributed by atoms with E-state index in [1.54, 1.807) is 6.92 Å². The number of carbonyl (C=O) groups is 2. The largest absolute Gasteiger partial charge is 0.478 e. The average molecular weight is 294 g/mol. The van der Waals surface area contributed by atoms with Crippen molar-refractivity contribution in [2.24, 2.45) is 0 Å². The second-order valence-electron chi connectivity index (χ2n) is 5.40. The van der Waals surface area contributed by atoms with Crippen LogP contribution in [0, 0.1) is 6.92 Å². The van der Waals surface area contributed by atoms with Gasteiger partial charge in [-0.25, -0.2) is 9.59 Å². The molecular formula is C15H22N2O4. The van der Waals surface area contributed by atoms with Gasteiger partial charge in [0, 0.05) is 12.6 Å². The third kappa shape index (κ3) is 3.56. The minimum atomic E-state index is -1.02. The third-order valence-electron chi connectivity index (χ3n) is 3.97. The number of piperidine rings is 1. The lowest BCUT2D eigenvalue weighted by molar-refractivity contribution is 0.0695. The van der Waals surface area contributed by atoms with E-state index in [2.05, 4.69) is 12.2 Å². The van der Waals surface area contributed by atoms with Crippen LogP contribution in [-0.4, -0.2) is 34.6 Å². The molecule has 116 valence electrons. The monoisotopic (exact) mass is 294 g/mol. The van der Waals surface area contributed by atoms with Crippen LogP contribution >= 0.6 is 0 Å². The minimum absolute atomic E-state index is 0.104. The number of furan rings is 1. The van der Waals surface area contributed by atoms with Gasteiger partial charge in [-0.05, 0) is 38.7 Å². The topological polar surface area (TPSA) is 82.8 Å². The van der Waals surface area contributed by atoms with Crippen molar-refractivity contribution in [1.29, 1.82) is 0 Å². The van der Waals surface area contributed by atoms with Crippen molar-refractivity contribution in [3.63, 3.8) is 0 Å². The van der Waals surface area contributed by atoms with Crippen LogP contribution < -0.4 is 5.32 Å². The number of aromatic carboxylic acids is 1. The first-order valence-electron chi connectivity index (χ1n) is 7.40. The van der Waals surface area contributed by atoms with Gasteiger partial charge in [-0.1, -0.05) is 6.92 Å². The van der Waals surface area contributed by atoms with Crippen LogP contribution in [0.15, 0.2) is 10.5 Å². The Morgan fingerprint density at radius 1 is 1.48 bits per heavy atom. The van der Waals surface area contributed by atoms with E-state index >= 15 is 0 Å². The zero-order valence-corrected chi connectivity index (χ0v) is 12.5. The Morgan fingerprint density at radius 2 is 2.24 bits per heavy atom. The molecule has 0 radical (unpaired) electrons. The molecule has 2 heterocycles. The molecule has 1 atom stereocenters. The van der Waals surface area contributed by atoms with Gasteiger partial charge < -0.3 is 19.7 Å². The van der Waals surface area contributed by atoms with Crippen molar-refractivity contribution in [1.82, 2.24) is 10.2 Å². The maximum absolute atomic E-state index is 12.2. The number of rotatable bonds is 4. The molecule has 1 aliphatic heterocycles. The molecule has 0 saturated carbocycles. The molecule has 1 aromatic rings. The fourth-order valence-corrected chi connectivity index (χ4v) is 2.80. The lowest BCUT2D eigenvalue weighted by Crippen LogP contribution is -2.48. The van der Waals surface area contributed by atoms with Crippen LogP contribution in [-0.2, 0) is 6.54 Å². The number of likely N-dealkylation sites (tertiary alicyclic amines) is 1. The van der Waals surface area contributed by atoms with E-state index in [4.69, 9.17) is 9.52 Å². The predicted molar refractivity (Wildman–Crippen MR) is 77.3 cm³/mol. The second-order valence-corrected chi connectivity index (χ2v) is 5.40. The van der Waals surface area contributed by atoms with Crippen molar-refractivity contribution in [2.45, 2.75) is 52.1 Å². The summed E-state index contributed by atoms with van der Waals surface area (Å²) in [7, 11) is 0. The van der Waals surface area contributed by atoms with Gasteiger partial charge >= 0.3 is 12.0 Å². The molecule has 2 N–H and O–H groups in total. The van der Waals surface area contributed by atoms with E-state index in [1.807, 2.05) is 4.90 Å². The van der Waals surface area contributed by atoms with Crippen molar-refractivity contribution >= 4 is 12.0 Å². The molecule has 2 rings (SSSR count). The summed E-state index contributed by atoms with van der Waals surface area (Å²) < 4.78 is 5.35. The summed E-state index contributed by atoms with van der Waals surface area (Å²) >= 11 is 0. The van der Waals surface area contributed by atoms with Gasteiger partial charge in [0.15, 0.2) is 0 Å². The van der Waals surface area contributed by atoms with Gasteiger partial charge in [0.05, 0.1) is 6.54 Å². The highest BCUT2D eigenvalue weighted by Gasteiger charge is 2.25. The van der Waals surface area contributed by atoms with Crippen LogP contribution in [0.1, 0.15) is 54.5 Å². The molecule has 6 nitrogen and oxygen atoms in total. The molecule has 1 aliphatic rings. The number of urea groups is 1. The second kappa shape index (κ2) is 6.65. The quantitative estimate of drug-likeness (QED) is 0.894. The van der Waals surface area contributed by atoms with Crippen molar-refractivity contribution in [3.05, 3.63) is 23.2 Å². The van der Waals surface area contributed by atoms with Gasteiger partial charge in [0.2, 0.25) is 0 Å². The van der Waals surface area contributed by atoms with Crippen molar-refractivity contribution in [3.8, 4) is 0 Å². The molecule has 1 aromatic heterocycles. The molecule has 0 bridgehead atoms. The fraction of sp³-hybridized carbons (Fsp3) is 0.600. The normalized spacial score (nSPS) is 18.6. The first-order chi connectivity index (χ1) is 10.0. The highest BCUT2D eigenvalue weighted by Crippen LogP contribution is 2.20. The summed E-state index contributed by atoms with van der Waals surface area (Å²) in [6.07, 6.45) is 4.21. The van der Waals surface area contributed by atoms with Crippen LogP contribution in [0.5, 0.6) is 0 Å². The lowest BCUT2D eigenvalue weighted by Gasteiger charge is -2.35. The molecule has 1 fully saturated rings. The van der Waals surface area contributed by atoms with Crippen LogP contribution in [0.2, 0.25) is 0 Å². The Morgan fingerprint density at radius 3 is 2.86 bits per heavy atom. The molecule has 0 aliphatic carbocycles. The number of hydrogen-bond acceptors (Lipinski definition) is 3. The van der Waals surface area contributed by atoms with Crippen LogP contribution in [0.3, 0.4) is 0 Å². The number of nitrogens with one attached hydrogen (secondary N) is 1. The number of hydrogen-bond donors (Lipinski definition) is 2. The maximum Gasteiger partial charge on any atom is 0.339 e. The van der Waals surface area contributed by atoms with Crippen molar-refractivity contribution in [2.75, 3.05) is 6.54 Å². The smallest absolute Gasteiger partial charge is 0.339 e. The van der Waals surface area contributed by atoms with E-state index in [0.29, 0.717) is 17.6 Å². The minimum Gasteiger partial charge on any atom is -0.478 e. The Hall–Kier alpha value is -1.98. The summed E-state index contributed by atoms with van der Waals surface area (Å²) in [5.41, 5.74) is 0.142.